The molecule has 0 fully saturated rings. The molecule has 0 saturated carbocycles. The summed E-state index contributed by atoms with van der Waals surface area (Å²) in [5, 5.41) is 37.5. The monoisotopic (exact) mass is 915 g/mol. The Kier molecular flexibility index (Phi) is 14.6. The van der Waals surface area contributed by atoms with Gasteiger partial charge in [0, 0.05) is 37.8 Å². The van der Waals surface area contributed by atoms with E-state index in [1.165, 1.54) is 0 Å². The molecule has 2 amide bonds. The number of nitrogens with one attached hydrogen (secondary N) is 2. The molecule has 0 aliphatic rings. The van der Waals surface area contributed by atoms with Crippen LogP contribution in [-0.4, -0.2) is 46.3 Å². The number of carbonyl (C=O) groups excluding carboxylic acids is 2. The summed E-state index contributed by atoms with van der Waals surface area (Å²) in [6, 6.07) is 61.6. The SMILES string of the molecule is CCC(CC)(C(=O)NCC(O)(Cc1ccc(C)cc1)C(c1ccc(C)cc1)c1cccc2ccccc12)C(=O)NCC(O)(Cc1ccc(C)cc1)C(c1ccc(C)cc1)c1cccc2ccccc12. The lowest BCUT2D eigenvalue weighted by molar-refractivity contribution is -0.146. The lowest BCUT2D eigenvalue weighted by Gasteiger charge is -2.40. The van der Waals surface area contributed by atoms with Crippen molar-refractivity contribution in [1.82, 2.24) is 10.6 Å². The first-order valence-corrected chi connectivity index (χ1v) is 24.5. The number of carbonyl (C=O) groups is 2. The van der Waals surface area contributed by atoms with Gasteiger partial charge in [-0.3, -0.25) is 9.59 Å². The lowest BCUT2D eigenvalue weighted by Crippen LogP contribution is -2.58. The number of hydrogen-bond donors (Lipinski definition) is 4. The fraction of sp³-hybridized carbons (Fsp3) is 0.270. The molecule has 0 bridgehead atoms. The quantitative estimate of drug-likeness (QED) is 0.0645. The largest absolute Gasteiger partial charge is 0.387 e. The first-order valence-electron chi connectivity index (χ1n) is 24.5. The van der Waals surface area contributed by atoms with Gasteiger partial charge in [-0.05, 0) is 95.5 Å². The van der Waals surface area contributed by atoms with E-state index in [-0.39, 0.29) is 38.8 Å². The third-order valence-electron chi connectivity index (χ3n) is 14.6. The highest BCUT2D eigenvalue weighted by Gasteiger charge is 2.47. The number of fused-ring (bicyclic) bond motifs is 2. The number of hydrogen-bond acceptors (Lipinski definition) is 4. The van der Waals surface area contributed by atoms with E-state index in [0.717, 1.165) is 77.2 Å². The van der Waals surface area contributed by atoms with Crippen LogP contribution in [0.3, 0.4) is 0 Å². The molecular formula is C63H66N2O4. The van der Waals surface area contributed by atoms with E-state index in [9.17, 15) is 10.2 Å². The fourth-order valence-electron chi connectivity index (χ4n) is 10.5. The Balaban J connectivity index is 1.16. The normalized spacial score (nSPS) is 14.4. The third-order valence-corrected chi connectivity index (χ3v) is 14.6. The van der Waals surface area contributed by atoms with Crippen molar-refractivity contribution in [2.75, 3.05) is 13.1 Å². The van der Waals surface area contributed by atoms with Gasteiger partial charge in [-0.25, -0.2) is 0 Å². The second-order valence-electron chi connectivity index (χ2n) is 19.5. The molecule has 0 aliphatic heterocycles. The lowest BCUT2D eigenvalue weighted by atomic mass is 9.72. The Hall–Kier alpha value is -6.86. The highest BCUT2D eigenvalue weighted by Crippen LogP contribution is 2.43. The maximum atomic E-state index is 15.1. The number of aryl methyl sites for hydroxylation is 4. The molecule has 8 aromatic rings. The van der Waals surface area contributed by atoms with Gasteiger partial charge in [0.1, 0.15) is 5.41 Å². The zero-order chi connectivity index (χ0) is 48.8. The summed E-state index contributed by atoms with van der Waals surface area (Å²) in [6.07, 6.45) is 0.855. The summed E-state index contributed by atoms with van der Waals surface area (Å²) >= 11 is 0. The Labute approximate surface area is 408 Å². The average Bonchev–Trinajstić information content (AvgIpc) is 3.36. The molecule has 0 heterocycles. The van der Waals surface area contributed by atoms with Crippen molar-refractivity contribution in [3.63, 3.8) is 0 Å². The maximum absolute atomic E-state index is 15.1. The van der Waals surface area contributed by atoms with Crippen molar-refractivity contribution in [3.05, 3.63) is 238 Å². The maximum Gasteiger partial charge on any atom is 0.235 e. The number of aliphatic hydroxyl groups is 2. The highest BCUT2D eigenvalue weighted by atomic mass is 16.3. The van der Waals surface area contributed by atoms with E-state index >= 15 is 9.59 Å². The van der Waals surface area contributed by atoms with Crippen molar-refractivity contribution in [2.24, 2.45) is 5.41 Å². The molecule has 8 rings (SSSR count). The van der Waals surface area contributed by atoms with Crippen LogP contribution in [0, 0.1) is 33.1 Å². The smallest absolute Gasteiger partial charge is 0.235 e. The van der Waals surface area contributed by atoms with Crippen molar-refractivity contribution in [2.45, 2.75) is 90.3 Å². The number of amides is 2. The standard InChI is InChI=1S/C63H66N2O4/c1-7-61(8-2,59(66)64-41-62(68,39-47-31-23-43(3)24-32-47)57(51-35-27-45(5)28-36-51)55-21-13-17-49-15-9-11-19-53(49)55)60(67)65-42-63(69,40-48-33-25-44(4)26-34-48)58(52-37-29-46(6)30-38-52)56-22-14-18-50-16-10-12-20-54(50)56/h9-38,57-58,68-69H,7-8,39-42H2,1-6H3,(H,64,66)(H,65,67). The predicted octanol–water partition coefficient (Wildman–Crippen LogP) is 12.2. The van der Waals surface area contributed by atoms with Crippen LogP contribution in [0.15, 0.2) is 182 Å². The zero-order valence-corrected chi connectivity index (χ0v) is 40.9. The van der Waals surface area contributed by atoms with Crippen molar-refractivity contribution < 1.29 is 19.8 Å². The van der Waals surface area contributed by atoms with Gasteiger partial charge in [0.15, 0.2) is 0 Å². The minimum absolute atomic E-state index is 0.134. The molecule has 0 radical (unpaired) electrons. The van der Waals surface area contributed by atoms with Crippen LogP contribution in [0.4, 0.5) is 0 Å². The molecule has 4 N–H and O–H groups in total. The number of benzene rings is 8. The number of rotatable bonds is 18. The first-order chi connectivity index (χ1) is 33.3. The van der Waals surface area contributed by atoms with E-state index in [0.29, 0.717) is 0 Å². The molecule has 69 heavy (non-hydrogen) atoms. The molecule has 0 aliphatic carbocycles. The van der Waals surface area contributed by atoms with Gasteiger partial charge >= 0.3 is 0 Å². The second-order valence-corrected chi connectivity index (χ2v) is 19.5. The molecule has 0 aromatic heterocycles. The van der Waals surface area contributed by atoms with Crippen LogP contribution in [-0.2, 0) is 22.4 Å². The summed E-state index contributed by atoms with van der Waals surface area (Å²) < 4.78 is 0. The van der Waals surface area contributed by atoms with E-state index in [1.807, 2.05) is 126 Å². The van der Waals surface area contributed by atoms with Crippen LogP contribution >= 0.6 is 0 Å². The van der Waals surface area contributed by atoms with E-state index < -0.39 is 40.3 Å². The van der Waals surface area contributed by atoms with E-state index in [2.05, 4.69) is 108 Å². The van der Waals surface area contributed by atoms with Gasteiger partial charge in [0.25, 0.3) is 0 Å². The summed E-state index contributed by atoms with van der Waals surface area (Å²) in [4.78, 5) is 30.2. The van der Waals surface area contributed by atoms with Gasteiger partial charge in [-0.2, -0.15) is 0 Å². The molecule has 0 saturated heterocycles. The highest BCUT2D eigenvalue weighted by molar-refractivity contribution is 6.05. The van der Waals surface area contributed by atoms with Crippen molar-refractivity contribution in [1.29, 1.82) is 0 Å². The molecular weight excluding hydrogens is 849 g/mol. The van der Waals surface area contributed by atoms with Gasteiger partial charge in [0.2, 0.25) is 11.8 Å². The summed E-state index contributed by atoms with van der Waals surface area (Å²) in [7, 11) is 0. The molecule has 6 heteroatoms. The fourth-order valence-corrected chi connectivity index (χ4v) is 10.5. The summed E-state index contributed by atoms with van der Waals surface area (Å²) in [5.41, 5.74) is 5.34. The van der Waals surface area contributed by atoms with E-state index in [4.69, 9.17) is 0 Å². The first kappa shape index (κ1) is 48.6. The third kappa shape index (κ3) is 10.4. The Morgan fingerprint density at radius 2 is 0.754 bits per heavy atom. The molecule has 8 aromatic carbocycles. The molecule has 4 atom stereocenters. The van der Waals surface area contributed by atoms with Gasteiger partial charge in [-0.1, -0.05) is 218 Å². The average molecular weight is 915 g/mol. The van der Waals surface area contributed by atoms with Crippen molar-refractivity contribution in [3.8, 4) is 0 Å². The van der Waals surface area contributed by atoms with Crippen LogP contribution in [0.1, 0.15) is 94.2 Å². The topological polar surface area (TPSA) is 98.7 Å². The Bertz CT molecular complexity index is 2820. The van der Waals surface area contributed by atoms with E-state index in [1.54, 1.807) is 0 Å². The summed E-state index contributed by atoms with van der Waals surface area (Å²) in [5.74, 6) is -2.08. The van der Waals surface area contributed by atoms with Gasteiger partial charge < -0.3 is 20.8 Å². The van der Waals surface area contributed by atoms with Crippen LogP contribution < -0.4 is 10.6 Å². The van der Waals surface area contributed by atoms with Crippen LogP contribution in [0.5, 0.6) is 0 Å². The minimum Gasteiger partial charge on any atom is -0.387 e. The summed E-state index contributed by atoms with van der Waals surface area (Å²) in [6.45, 7) is 11.6. The molecule has 6 nitrogen and oxygen atoms in total. The van der Waals surface area contributed by atoms with Gasteiger partial charge in [0.05, 0.1) is 11.2 Å². The molecule has 0 spiro atoms. The second kappa shape index (κ2) is 20.8. The predicted molar refractivity (Wildman–Crippen MR) is 283 cm³/mol. The zero-order valence-electron chi connectivity index (χ0n) is 40.9. The minimum atomic E-state index is -1.55. The molecule has 4 unspecified atom stereocenters. The van der Waals surface area contributed by atoms with Crippen LogP contribution in [0.2, 0.25) is 0 Å². The Morgan fingerprint density at radius 1 is 0.435 bits per heavy atom. The van der Waals surface area contributed by atoms with Gasteiger partial charge in [-0.15, -0.1) is 0 Å². The van der Waals surface area contributed by atoms with Crippen molar-refractivity contribution >= 4 is 33.4 Å². The molecule has 352 valence electrons. The van der Waals surface area contributed by atoms with Crippen LogP contribution in [0.25, 0.3) is 21.5 Å². The Morgan fingerprint density at radius 3 is 1.10 bits per heavy atom.